The topological polar surface area (TPSA) is 0 Å². The van der Waals surface area contributed by atoms with Crippen molar-refractivity contribution in [2.45, 2.75) is 0 Å². The Kier molecular flexibility index (Phi) is 1.68. The third-order valence-electron chi connectivity index (χ3n) is 0.236. The lowest BCUT2D eigenvalue weighted by Crippen LogP contribution is -1.74. The van der Waals surface area contributed by atoms with Gasteiger partial charge >= 0.3 is 0 Å². The Bertz CT molecular complexity index is 45.5. The van der Waals surface area contributed by atoms with Crippen molar-refractivity contribution in [3.8, 4) is 12.3 Å². The Morgan fingerprint density at radius 1 is 1.60 bits per heavy atom. The summed E-state index contributed by atoms with van der Waals surface area (Å²) >= 11 is 0. The highest BCUT2D eigenvalue weighted by molar-refractivity contribution is 4.95. The molecule has 0 aliphatic rings. The van der Waals surface area contributed by atoms with E-state index in [9.17, 15) is 0 Å². The van der Waals surface area contributed by atoms with Gasteiger partial charge in [0.1, 0.15) is 0 Å². The fourth-order valence-corrected chi connectivity index (χ4v) is 0. The molecule has 0 saturated heterocycles. The van der Waals surface area contributed by atoms with Gasteiger partial charge in [-0.1, -0.05) is 0 Å². The molecule has 2 radical (unpaired) electrons. The van der Waals surface area contributed by atoms with Crippen LogP contribution in [0.15, 0.2) is 0 Å². The highest BCUT2D eigenvalue weighted by Crippen LogP contribution is 1.79. The van der Waals surface area contributed by atoms with Gasteiger partial charge in [-0.15, -0.1) is 12.3 Å². The number of terminal acetylenes is 1. The van der Waals surface area contributed by atoms with E-state index in [0.29, 0.717) is 0 Å². The first-order valence-electron chi connectivity index (χ1n) is 1.39. The maximum absolute atomic E-state index is 4.80. The molecule has 0 aromatic carbocycles. The van der Waals surface area contributed by atoms with E-state index in [1.54, 1.807) is 0 Å². The predicted octanol–water partition coefficient (Wildman–Crippen LogP) is 0.904. The standard InChI is InChI=1S/C5H6/c1-4-5(2)3/h1,5H,2-3H2. The van der Waals surface area contributed by atoms with Crippen LogP contribution in [0.1, 0.15) is 0 Å². The summed E-state index contributed by atoms with van der Waals surface area (Å²) in [5.74, 6) is 2.22. The maximum Gasteiger partial charge on any atom is 0.0201 e. The smallest absolute Gasteiger partial charge is 0.0201 e. The molecule has 0 aliphatic carbocycles. The molecule has 0 aromatic rings. The summed E-state index contributed by atoms with van der Waals surface area (Å²) in [5, 5.41) is 0. The second-order valence-electron chi connectivity index (χ2n) is 0.864. The molecule has 0 amide bonds. The van der Waals surface area contributed by atoms with Gasteiger partial charge in [0.15, 0.2) is 0 Å². The van der Waals surface area contributed by atoms with E-state index in [1.807, 2.05) is 0 Å². The zero-order chi connectivity index (χ0) is 4.28. The van der Waals surface area contributed by atoms with Crippen LogP contribution in [-0.4, -0.2) is 0 Å². The quantitative estimate of drug-likeness (QED) is 0.368. The molecular weight excluding hydrogens is 60.1 g/mol. The van der Waals surface area contributed by atoms with Crippen LogP contribution in [0, 0.1) is 32.1 Å². The summed E-state index contributed by atoms with van der Waals surface area (Å²) in [7, 11) is 0. The minimum Gasteiger partial charge on any atom is -0.120 e. The van der Waals surface area contributed by atoms with E-state index in [0.717, 1.165) is 0 Å². The summed E-state index contributed by atoms with van der Waals surface area (Å²) in [5.41, 5.74) is 0. The molecule has 0 rings (SSSR count). The molecule has 0 fully saturated rings. The maximum atomic E-state index is 4.80. The number of hydrogen-bond donors (Lipinski definition) is 0. The molecule has 0 nitrogen and oxygen atoms in total. The first-order valence-corrected chi connectivity index (χ1v) is 1.39. The van der Waals surface area contributed by atoms with Crippen LogP contribution >= 0.6 is 0 Å². The van der Waals surface area contributed by atoms with Gasteiger partial charge in [-0.05, 0) is 13.8 Å². The van der Waals surface area contributed by atoms with E-state index >= 15 is 0 Å². The van der Waals surface area contributed by atoms with Crippen LogP contribution < -0.4 is 0 Å². The van der Waals surface area contributed by atoms with E-state index < -0.39 is 0 Å². The van der Waals surface area contributed by atoms with Crippen molar-refractivity contribution in [3.63, 3.8) is 0 Å². The lowest BCUT2D eigenvalue weighted by molar-refractivity contribution is 1.12. The molecule has 0 atom stereocenters. The molecule has 26 valence electrons. The highest BCUT2D eigenvalue weighted by Gasteiger charge is 1.74. The van der Waals surface area contributed by atoms with Crippen LogP contribution in [0.3, 0.4) is 0 Å². The molecule has 0 aliphatic heterocycles. The second-order valence-corrected chi connectivity index (χ2v) is 0.864. The molecule has 0 saturated carbocycles. The zero-order valence-corrected chi connectivity index (χ0v) is 3.07. The van der Waals surface area contributed by atoms with Gasteiger partial charge in [0.25, 0.3) is 0 Å². The van der Waals surface area contributed by atoms with Gasteiger partial charge in [-0.25, -0.2) is 0 Å². The summed E-state index contributed by atoms with van der Waals surface area (Å²) in [6.45, 7) is 6.82. The van der Waals surface area contributed by atoms with Gasteiger partial charge in [0, 0.05) is 5.92 Å². The molecule has 0 N–H and O–H groups in total. The Hall–Kier alpha value is -0.440. The van der Waals surface area contributed by atoms with Gasteiger partial charge in [-0.2, -0.15) is 0 Å². The van der Waals surface area contributed by atoms with Crippen molar-refractivity contribution >= 4 is 0 Å². The lowest BCUT2D eigenvalue weighted by Gasteiger charge is -1.79. The third-order valence-corrected chi connectivity index (χ3v) is 0.236. The Labute approximate surface area is 33.2 Å². The lowest BCUT2D eigenvalue weighted by atomic mass is 10.2. The largest absolute Gasteiger partial charge is 0.120 e. The monoisotopic (exact) mass is 66.0 g/mol. The van der Waals surface area contributed by atoms with Crippen LogP contribution in [0.2, 0.25) is 0 Å². The average molecular weight is 66.1 g/mol. The van der Waals surface area contributed by atoms with Crippen molar-refractivity contribution in [1.82, 2.24) is 0 Å². The fraction of sp³-hybridized carbons (Fsp3) is 0.200. The first-order chi connectivity index (χ1) is 2.27. The normalized spacial score (nSPS) is 7.60. The van der Waals surface area contributed by atoms with Crippen molar-refractivity contribution in [1.29, 1.82) is 0 Å². The van der Waals surface area contributed by atoms with Gasteiger partial charge in [-0.3, -0.25) is 0 Å². The zero-order valence-electron chi connectivity index (χ0n) is 3.07. The number of hydrogen-bond acceptors (Lipinski definition) is 0. The Morgan fingerprint density at radius 3 is 1.80 bits per heavy atom. The summed E-state index contributed by atoms with van der Waals surface area (Å²) in [6.07, 6.45) is 4.80. The molecule has 0 heteroatoms. The van der Waals surface area contributed by atoms with Crippen molar-refractivity contribution in [3.05, 3.63) is 13.8 Å². The molecule has 5 heavy (non-hydrogen) atoms. The van der Waals surface area contributed by atoms with E-state index in [4.69, 9.17) is 6.42 Å². The SMILES string of the molecule is C#CC([CH2])[CH2]. The van der Waals surface area contributed by atoms with Crippen LogP contribution in [0.25, 0.3) is 0 Å². The summed E-state index contributed by atoms with van der Waals surface area (Å²) in [6, 6.07) is 0. The van der Waals surface area contributed by atoms with Crippen LogP contribution in [0.4, 0.5) is 0 Å². The Balaban J connectivity index is 2.94. The van der Waals surface area contributed by atoms with Crippen LogP contribution in [-0.2, 0) is 0 Å². The number of rotatable bonds is 0. The van der Waals surface area contributed by atoms with Crippen molar-refractivity contribution in [2.75, 3.05) is 0 Å². The molecule has 0 bridgehead atoms. The minimum atomic E-state index is -0.0880. The molecule has 0 spiro atoms. The molecular formula is C5H6. The van der Waals surface area contributed by atoms with E-state index in [2.05, 4.69) is 19.8 Å². The third kappa shape index (κ3) is 3.56. The first kappa shape index (κ1) is 4.56. The van der Waals surface area contributed by atoms with Crippen molar-refractivity contribution < 1.29 is 0 Å². The van der Waals surface area contributed by atoms with Crippen molar-refractivity contribution in [2.24, 2.45) is 5.92 Å². The van der Waals surface area contributed by atoms with Gasteiger partial charge < -0.3 is 0 Å². The Morgan fingerprint density at radius 2 is 1.80 bits per heavy atom. The summed E-state index contributed by atoms with van der Waals surface area (Å²) in [4.78, 5) is 0. The molecule has 0 heterocycles. The van der Waals surface area contributed by atoms with Gasteiger partial charge in [0.2, 0.25) is 0 Å². The van der Waals surface area contributed by atoms with Crippen LogP contribution in [0.5, 0.6) is 0 Å². The second kappa shape index (κ2) is 1.84. The van der Waals surface area contributed by atoms with Gasteiger partial charge in [0.05, 0.1) is 0 Å². The predicted molar refractivity (Wildman–Crippen MR) is 23.0 cm³/mol. The summed E-state index contributed by atoms with van der Waals surface area (Å²) < 4.78 is 0. The minimum absolute atomic E-state index is 0.0880. The molecule has 0 unspecified atom stereocenters. The highest BCUT2D eigenvalue weighted by atomic mass is 13.8. The van der Waals surface area contributed by atoms with E-state index in [1.165, 1.54) is 0 Å². The molecule has 0 aromatic heterocycles. The van der Waals surface area contributed by atoms with E-state index in [-0.39, 0.29) is 5.92 Å². The average Bonchev–Trinajstić information content (AvgIpc) is 1.38. The fourth-order valence-electron chi connectivity index (χ4n) is 0.